The van der Waals surface area contributed by atoms with Gasteiger partial charge in [0.25, 0.3) is 0 Å². The summed E-state index contributed by atoms with van der Waals surface area (Å²) in [6.45, 7) is 8.79. The highest BCUT2D eigenvalue weighted by Crippen LogP contribution is 2.69. The smallest absolute Gasteiger partial charge is 0.391 e. The molecule has 0 aliphatic heterocycles. The highest BCUT2D eigenvalue weighted by molar-refractivity contribution is 5.10. The van der Waals surface area contributed by atoms with Crippen LogP contribution in [0.5, 0.6) is 0 Å². The summed E-state index contributed by atoms with van der Waals surface area (Å²) in [4.78, 5) is 0. The van der Waals surface area contributed by atoms with E-state index in [0.717, 1.165) is 37.0 Å². The fourth-order valence-corrected chi connectivity index (χ4v) is 9.21. The van der Waals surface area contributed by atoms with Gasteiger partial charge in [-0.2, -0.15) is 13.2 Å². The third-order valence-electron chi connectivity index (χ3n) is 10.9. The monoisotopic (exact) mass is 428 g/mol. The van der Waals surface area contributed by atoms with Gasteiger partial charge < -0.3 is 5.11 Å². The van der Waals surface area contributed by atoms with Crippen molar-refractivity contribution in [1.29, 1.82) is 0 Å². The van der Waals surface area contributed by atoms with Gasteiger partial charge in [-0.15, -0.1) is 0 Å². The van der Waals surface area contributed by atoms with Crippen LogP contribution in [-0.2, 0) is 0 Å². The molecule has 1 nitrogen and oxygen atoms in total. The second-order valence-corrected chi connectivity index (χ2v) is 12.3. The van der Waals surface area contributed by atoms with E-state index in [0.29, 0.717) is 35.0 Å². The summed E-state index contributed by atoms with van der Waals surface area (Å²) >= 11 is 0. The lowest BCUT2D eigenvalue weighted by Crippen LogP contribution is -2.54. The van der Waals surface area contributed by atoms with Crippen molar-refractivity contribution in [3.63, 3.8) is 0 Å². The van der Waals surface area contributed by atoms with Crippen molar-refractivity contribution in [2.75, 3.05) is 0 Å². The molecular weight excluding hydrogens is 385 g/mol. The minimum atomic E-state index is -4.05. The third kappa shape index (κ3) is 3.75. The van der Waals surface area contributed by atoms with Gasteiger partial charge in [0.15, 0.2) is 0 Å². The first-order chi connectivity index (χ1) is 14.0. The lowest BCUT2D eigenvalue weighted by molar-refractivity contribution is -0.171. The predicted molar refractivity (Wildman–Crippen MR) is 115 cm³/mol. The number of alkyl halides is 3. The summed E-state index contributed by atoms with van der Waals surface area (Å²) in [7, 11) is 0. The summed E-state index contributed by atoms with van der Waals surface area (Å²) in [5, 5.41) is 10.2. The van der Waals surface area contributed by atoms with Gasteiger partial charge in [0.2, 0.25) is 0 Å². The summed E-state index contributed by atoms with van der Waals surface area (Å²) in [5.74, 6) is 3.11. The van der Waals surface area contributed by atoms with Gasteiger partial charge in [-0.05, 0) is 111 Å². The van der Waals surface area contributed by atoms with E-state index >= 15 is 0 Å². The predicted octanol–water partition coefficient (Wildman–Crippen LogP) is 7.62. The first kappa shape index (κ1) is 22.9. The zero-order valence-electron chi connectivity index (χ0n) is 19.5. The standard InChI is InChI=1S/C26H43F3O/c1-16-14-18(7-5-6-17(2)26(27,28)29)25(4)13-11-22-21(23(16)25)9-8-19-15-20(30)10-12-24(19,22)3/h16-23,30H,5-15H2,1-4H3. The minimum absolute atomic E-state index is 0.0950. The normalized spacial score (nSPS) is 49.8. The molecule has 0 heterocycles. The van der Waals surface area contributed by atoms with Gasteiger partial charge in [-0.25, -0.2) is 0 Å². The van der Waals surface area contributed by atoms with Crippen LogP contribution in [-0.4, -0.2) is 17.4 Å². The van der Waals surface area contributed by atoms with Crippen LogP contribution in [0, 0.1) is 52.3 Å². The second-order valence-electron chi connectivity index (χ2n) is 12.3. The number of hydrogen-bond acceptors (Lipinski definition) is 1. The average Bonchev–Trinajstić information content (AvgIpc) is 2.92. The first-order valence-electron chi connectivity index (χ1n) is 12.7. The molecule has 1 N–H and O–H groups in total. The molecular formula is C26H43F3O. The quantitative estimate of drug-likeness (QED) is 0.488. The molecule has 0 aromatic carbocycles. The van der Waals surface area contributed by atoms with Crippen molar-refractivity contribution in [3.05, 3.63) is 0 Å². The molecule has 0 radical (unpaired) electrons. The molecule has 0 spiro atoms. The molecule has 0 bridgehead atoms. The second kappa shape index (κ2) is 7.96. The maximum absolute atomic E-state index is 12.9. The highest BCUT2D eigenvalue weighted by Gasteiger charge is 2.61. The molecule has 10 atom stereocenters. The SMILES string of the molecule is CC1CC(CCCC(C)C(F)(F)F)C2(C)CCC3C(CCC4CC(O)CCC43C)C12. The van der Waals surface area contributed by atoms with E-state index in [1.165, 1.54) is 45.4 Å². The Morgan fingerprint density at radius 1 is 1.00 bits per heavy atom. The number of aliphatic hydroxyl groups excluding tert-OH is 1. The van der Waals surface area contributed by atoms with Crippen LogP contribution in [0.3, 0.4) is 0 Å². The molecule has 174 valence electrons. The van der Waals surface area contributed by atoms with Crippen LogP contribution in [0.4, 0.5) is 13.2 Å². The molecule has 0 amide bonds. The van der Waals surface area contributed by atoms with Gasteiger partial charge in [-0.1, -0.05) is 34.1 Å². The largest absolute Gasteiger partial charge is 0.393 e. The number of rotatable bonds is 4. The van der Waals surface area contributed by atoms with Crippen LogP contribution < -0.4 is 0 Å². The van der Waals surface area contributed by atoms with Crippen LogP contribution in [0.1, 0.15) is 98.3 Å². The van der Waals surface area contributed by atoms with E-state index in [2.05, 4.69) is 20.8 Å². The molecule has 4 fully saturated rings. The van der Waals surface area contributed by atoms with E-state index in [1.807, 2.05) is 0 Å². The Bertz CT molecular complexity index is 618. The van der Waals surface area contributed by atoms with Gasteiger partial charge in [0, 0.05) is 0 Å². The molecule has 4 rings (SSSR count). The fourth-order valence-electron chi connectivity index (χ4n) is 9.21. The zero-order valence-corrected chi connectivity index (χ0v) is 19.5. The van der Waals surface area contributed by atoms with Crippen molar-refractivity contribution >= 4 is 0 Å². The third-order valence-corrected chi connectivity index (χ3v) is 10.9. The average molecular weight is 429 g/mol. The molecule has 30 heavy (non-hydrogen) atoms. The maximum Gasteiger partial charge on any atom is 0.391 e. The van der Waals surface area contributed by atoms with Gasteiger partial charge in [0.1, 0.15) is 0 Å². The Kier molecular flexibility index (Phi) is 6.08. The van der Waals surface area contributed by atoms with Crippen molar-refractivity contribution in [2.24, 2.45) is 52.3 Å². The van der Waals surface area contributed by atoms with Gasteiger partial charge >= 0.3 is 6.18 Å². The van der Waals surface area contributed by atoms with E-state index in [9.17, 15) is 18.3 Å². The minimum Gasteiger partial charge on any atom is -0.393 e. The molecule has 4 aliphatic carbocycles. The lowest BCUT2D eigenvalue weighted by atomic mass is 9.44. The van der Waals surface area contributed by atoms with E-state index in [4.69, 9.17) is 0 Å². The molecule has 0 aromatic heterocycles. The topological polar surface area (TPSA) is 20.2 Å². The molecule has 0 saturated heterocycles. The summed E-state index contributed by atoms with van der Waals surface area (Å²) in [5.41, 5.74) is 0.711. The Morgan fingerprint density at radius 2 is 1.70 bits per heavy atom. The van der Waals surface area contributed by atoms with E-state index in [-0.39, 0.29) is 12.5 Å². The van der Waals surface area contributed by atoms with Crippen molar-refractivity contribution in [1.82, 2.24) is 0 Å². The number of fused-ring (bicyclic) bond motifs is 5. The number of hydrogen-bond donors (Lipinski definition) is 1. The summed E-state index contributed by atoms with van der Waals surface area (Å²) in [6.07, 6.45) is 7.30. The van der Waals surface area contributed by atoms with Crippen LogP contribution in [0.2, 0.25) is 0 Å². The molecule has 4 aliphatic rings. The lowest BCUT2D eigenvalue weighted by Gasteiger charge is -2.61. The van der Waals surface area contributed by atoms with E-state index in [1.54, 1.807) is 0 Å². The highest BCUT2D eigenvalue weighted by atomic mass is 19.4. The Morgan fingerprint density at radius 3 is 2.40 bits per heavy atom. The molecule has 10 unspecified atom stereocenters. The number of aliphatic hydroxyl groups is 1. The Balaban J connectivity index is 1.45. The molecule has 4 heteroatoms. The van der Waals surface area contributed by atoms with Crippen LogP contribution in [0.25, 0.3) is 0 Å². The summed E-state index contributed by atoms with van der Waals surface area (Å²) in [6, 6.07) is 0. The molecule has 0 aromatic rings. The molecule has 4 saturated carbocycles. The first-order valence-corrected chi connectivity index (χ1v) is 12.7. The van der Waals surface area contributed by atoms with Crippen molar-refractivity contribution in [2.45, 2.75) is 111 Å². The van der Waals surface area contributed by atoms with Gasteiger partial charge in [0.05, 0.1) is 12.0 Å². The van der Waals surface area contributed by atoms with Crippen molar-refractivity contribution in [3.8, 4) is 0 Å². The van der Waals surface area contributed by atoms with Crippen molar-refractivity contribution < 1.29 is 18.3 Å². The van der Waals surface area contributed by atoms with Crippen LogP contribution >= 0.6 is 0 Å². The maximum atomic E-state index is 12.9. The Hall–Kier alpha value is -0.250. The summed E-state index contributed by atoms with van der Waals surface area (Å²) < 4.78 is 38.8. The van der Waals surface area contributed by atoms with E-state index < -0.39 is 12.1 Å². The number of halogens is 3. The zero-order chi connectivity index (χ0) is 21.9. The van der Waals surface area contributed by atoms with Crippen LogP contribution in [0.15, 0.2) is 0 Å². The Labute approximate surface area is 181 Å². The van der Waals surface area contributed by atoms with Gasteiger partial charge in [-0.3, -0.25) is 0 Å². The fraction of sp³-hybridized carbons (Fsp3) is 1.00.